The Morgan fingerprint density at radius 2 is 1.71 bits per heavy atom. The van der Waals surface area contributed by atoms with Gasteiger partial charge in [0, 0.05) is 31.9 Å². The van der Waals surface area contributed by atoms with Crippen molar-refractivity contribution >= 4 is 5.91 Å². The van der Waals surface area contributed by atoms with E-state index in [-0.39, 0.29) is 23.6 Å². The highest BCUT2D eigenvalue weighted by Gasteiger charge is 2.25. The number of hydrogen-bond donors (Lipinski definition) is 1. The van der Waals surface area contributed by atoms with Gasteiger partial charge in [0.15, 0.2) is 5.69 Å². The average Bonchev–Trinajstić information content (AvgIpc) is 3.20. The number of nitrogens with zero attached hydrogens (tertiary/aromatic N) is 3. The Balaban J connectivity index is 1.43. The molecule has 1 saturated heterocycles. The van der Waals surface area contributed by atoms with E-state index in [4.69, 9.17) is 0 Å². The van der Waals surface area contributed by atoms with E-state index in [1.54, 1.807) is 46.1 Å². The number of carbonyl (C=O) groups is 1. The summed E-state index contributed by atoms with van der Waals surface area (Å²) < 4.78 is 27.7. The van der Waals surface area contributed by atoms with E-state index in [1.165, 1.54) is 24.3 Å². The topological polar surface area (TPSA) is 50.2 Å². The van der Waals surface area contributed by atoms with Gasteiger partial charge >= 0.3 is 0 Å². The third kappa shape index (κ3) is 4.09. The molecular formula is C21H20F2N4O. The van der Waals surface area contributed by atoms with E-state index in [0.29, 0.717) is 37.4 Å². The van der Waals surface area contributed by atoms with Gasteiger partial charge in [0.1, 0.15) is 11.6 Å². The highest BCUT2D eigenvalue weighted by atomic mass is 19.1. The molecule has 3 aromatic rings. The Morgan fingerprint density at radius 3 is 2.43 bits per heavy atom. The van der Waals surface area contributed by atoms with Crippen LogP contribution in [0.3, 0.4) is 0 Å². The molecule has 0 spiro atoms. The molecule has 28 heavy (non-hydrogen) atoms. The molecule has 2 heterocycles. The highest BCUT2D eigenvalue weighted by Crippen LogP contribution is 2.13. The normalized spacial score (nSPS) is 16.9. The number of rotatable bonds is 4. The van der Waals surface area contributed by atoms with E-state index >= 15 is 0 Å². The van der Waals surface area contributed by atoms with Crippen LogP contribution >= 0.6 is 0 Å². The van der Waals surface area contributed by atoms with Crippen molar-refractivity contribution < 1.29 is 13.6 Å². The van der Waals surface area contributed by atoms with Gasteiger partial charge in [-0.1, -0.05) is 12.1 Å². The lowest BCUT2D eigenvalue weighted by atomic mass is 10.0. The van der Waals surface area contributed by atoms with Crippen LogP contribution in [0.2, 0.25) is 0 Å². The second kappa shape index (κ2) is 7.90. The van der Waals surface area contributed by atoms with Crippen LogP contribution in [0.5, 0.6) is 0 Å². The Hall–Kier alpha value is -3.06. The first-order valence-electron chi connectivity index (χ1n) is 9.17. The quantitative estimate of drug-likeness (QED) is 0.755. The molecule has 1 aromatic heterocycles. The Labute approximate surface area is 161 Å². The van der Waals surface area contributed by atoms with Crippen LogP contribution in [0.4, 0.5) is 8.78 Å². The third-order valence-electron chi connectivity index (χ3n) is 4.84. The fraction of sp³-hybridized carbons (Fsp3) is 0.238. The summed E-state index contributed by atoms with van der Waals surface area (Å²) in [5.41, 5.74) is 2.07. The van der Waals surface area contributed by atoms with Crippen molar-refractivity contribution in [2.24, 2.45) is 0 Å². The zero-order chi connectivity index (χ0) is 19.5. The molecule has 0 bridgehead atoms. The van der Waals surface area contributed by atoms with Crippen LogP contribution in [-0.4, -0.2) is 46.3 Å². The fourth-order valence-electron chi connectivity index (χ4n) is 3.39. The van der Waals surface area contributed by atoms with Gasteiger partial charge in [-0.05, 0) is 54.4 Å². The highest BCUT2D eigenvalue weighted by molar-refractivity contribution is 5.92. The van der Waals surface area contributed by atoms with E-state index in [2.05, 4.69) is 10.4 Å². The zero-order valence-electron chi connectivity index (χ0n) is 15.2. The van der Waals surface area contributed by atoms with Crippen LogP contribution in [-0.2, 0) is 6.42 Å². The largest absolute Gasteiger partial charge is 0.334 e. The lowest BCUT2D eigenvalue weighted by Gasteiger charge is -2.33. The van der Waals surface area contributed by atoms with E-state index in [1.807, 2.05) is 0 Å². The average molecular weight is 382 g/mol. The van der Waals surface area contributed by atoms with Crippen molar-refractivity contribution in [3.05, 3.63) is 83.7 Å². The number of hydrogen-bond acceptors (Lipinski definition) is 3. The van der Waals surface area contributed by atoms with Crippen molar-refractivity contribution in [1.82, 2.24) is 20.0 Å². The maximum Gasteiger partial charge on any atom is 0.274 e. The summed E-state index contributed by atoms with van der Waals surface area (Å²) in [6.07, 6.45) is 2.41. The third-order valence-corrected chi connectivity index (χ3v) is 4.84. The smallest absolute Gasteiger partial charge is 0.274 e. The van der Waals surface area contributed by atoms with Gasteiger partial charge < -0.3 is 10.2 Å². The van der Waals surface area contributed by atoms with Crippen molar-refractivity contribution in [3.63, 3.8) is 0 Å². The number of benzene rings is 2. The molecular weight excluding hydrogens is 362 g/mol. The monoisotopic (exact) mass is 382 g/mol. The predicted octanol–water partition coefficient (Wildman–Crippen LogP) is 2.81. The van der Waals surface area contributed by atoms with Crippen LogP contribution < -0.4 is 5.32 Å². The molecule has 7 heteroatoms. The van der Waals surface area contributed by atoms with Crippen LogP contribution in [0.15, 0.2) is 60.8 Å². The standard InChI is InChI=1S/C21H20F2N4O/c22-16-3-1-15(2-4-16)13-18-14-26(12-10-24-18)21(28)20-9-11-27(25-20)19-7-5-17(23)6-8-19/h1-9,11,18,24H,10,12-14H2. The molecule has 5 nitrogen and oxygen atoms in total. The maximum absolute atomic E-state index is 13.1. The van der Waals surface area contributed by atoms with Gasteiger partial charge in [-0.25, -0.2) is 13.5 Å². The number of amides is 1. The van der Waals surface area contributed by atoms with Gasteiger partial charge in [-0.15, -0.1) is 0 Å². The Bertz CT molecular complexity index is 953. The second-order valence-corrected chi connectivity index (χ2v) is 6.85. The van der Waals surface area contributed by atoms with E-state index < -0.39 is 0 Å². The van der Waals surface area contributed by atoms with Crippen molar-refractivity contribution in [1.29, 1.82) is 0 Å². The lowest BCUT2D eigenvalue weighted by molar-refractivity contribution is 0.0696. The number of nitrogens with one attached hydrogen (secondary N) is 1. The molecule has 1 fully saturated rings. The summed E-state index contributed by atoms with van der Waals surface area (Å²) in [5, 5.41) is 7.75. The minimum atomic E-state index is -0.319. The van der Waals surface area contributed by atoms with E-state index in [9.17, 15) is 13.6 Å². The first-order chi connectivity index (χ1) is 13.6. The van der Waals surface area contributed by atoms with Crippen molar-refractivity contribution in [2.45, 2.75) is 12.5 Å². The molecule has 0 radical (unpaired) electrons. The van der Waals surface area contributed by atoms with Gasteiger partial charge in [-0.3, -0.25) is 4.79 Å². The van der Waals surface area contributed by atoms with Crippen molar-refractivity contribution in [3.8, 4) is 5.69 Å². The zero-order valence-corrected chi connectivity index (χ0v) is 15.2. The minimum Gasteiger partial charge on any atom is -0.334 e. The molecule has 0 saturated carbocycles. The Morgan fingerprint density at radius 1 is 1.04 bits per heavy atom. The van der Waals surface area contributed by atoms with Crippen LogP contribution in [0, 0.1) is 11.6 Å². The summed E-state index contributed by atoms with van der Waals surface area (Å²) >= 11 is 0. The molecule has 0 aliphatic carbocycles. The first-order valence-corrected chi connectivity index (χ1v) is 9.17. The molecule has 144 valence electrons. The van der Waals surface area contributed by atoms with Crippen LogP contribution in [0.25, 0.3) is 5.69 Å². The van der Waals surface area contributed by atoms with Gasteiger partial charge in [-0.2, -0.15) is 5.10 Å². The molecule has 1 aliphatic heterocycles. The SMILES string of the molecule is O=C(c1ccn(-c2ccc(F)cc2)n1)N1CCNC(Cc2ccc(F)cc2)C1. The number of aromatic nitrogens is 2. The van der Waals surface area contributed by atoms with Crippen LogP contribution in [0.1, 0.15) is 16.1 Å². The van der Waals surface area contributed by atoms with Gasteiger partial charge in [0.05, 0.1) is 5.69 Å². The summed E-state index contributed by atoms with van der Waals surface area (Å²) in [5.74, 6) is -0.708. The molecule has 1 aliphatic rings. The molecule has 1 N–H and O–H groups in total. The number of carbonyl (C=O) groups excluding carboxylic acids is 1. The van der Waals surface area contributed by atoms with Gasteiger partial charge in [0.2, 0.25) is 0 Å². The van der Waals surface area contributed by atoms with E-state index in [0.717, 1.165) is 5.56 Å². The summed E-state index contributed by atoms with van der Waals surface area (Å²) in [7, 11) is 0. The summed E-state index contributed by atoms with van der Waals surface area (Å²) in [6, 6.07) is 14.1. The summed E-state index contributed by atoms with van der Waals surface area (Å²) in [6.45, 7) is 1.85. The predicted molar refractivity (Wildman–Crippen MR) is 101 cm³/mol. The number of halogens is 2. The summed E-state index contributed by atoms with van der Waals surface area (Å²) in [4.78, 5) is 14.6. The van der Waals surface area contributed by atoms with Crippen molar-refractivity contribution in [2.75, 3.05) is 19.6 Å². The molecule has 4 rings (SSSR count). The maximum atomic E-state index is 13.1. The lowest BCUT2D eigenvalue weighted by Crippen LogP contribution is -2.53. The molecule has 1 atom stereocenters. The first kappa shape index (κ1) is 18.3. The molecule has 1 amide bonds. The molecule has 1 unspecified atom stereocenters. The minimum absolute atomic E-state index is 0.0994. The second-order valence-electron chi connectivity index (χ2n) is 6.85. The van der Waals surface area contributed by atoms with Gasteiger partial charge in [0.25, 0.3) is 5.91 Å². The number of piperazine rings is 1. The Kier molecular flexibility index (Phi) is 5.16. The molecule has 2 aromatic carbocycles. The fourth-order valence-corrected chi connectivity index (χ4v) is 3.39.